The molecule has 3 rings (SSSR count). The van der Waals surface area contributed by atoms with E-state index in [0.29, 0.717) is 6.04 Å². The van der Waals surface area contributed by atoms with E-state index >= 15 is 0 Å². The summed E-state index contributed by atoms with van der Waals surface area (Å²) in [6.07, 6.45) is 7.76. The Kier molecular flexibility index (Phi) is 4.28. The monoisotopic (exact) mass is 275 g/mol. The Morgan fingerprint density at radius 3 is 2.80 bits per heavy atom. The second-order valence-electron chi connectivity index (χ2n) is 6.12. The van der Waals surface area contributed by atoms with Gasteiger partial charge in [-0.3, -0.25) is 4.99 Å². The Morgan fingerprint density at radius 1 is 1.35 bits per heavy atom. The average molecular weight is 275 g/mol. The molecule has 0 unspecified atom stereocenters. The van der Waals surface area contributed by atoms with Crippen LogP contribution in [-0.4, -0.2) is 36.5 Å². The summed E-state index contributed by atoms with van der Waals surface area (Å²) in [6, 6.07) is 4.62. The quantitative estimate of drug-likeness (QED) is 0.678. The molecule has 0 atom stereocenters. The number of hydrogen-bond donors (Lipinski definition) is 1. The number of likely N-dealkylation sites (tertiary alicyclic amines) is 1. The topological polar surface area (TPSA) is 40.8 Å². The second kappa shape index (κ2) is 6.33. The molecular weight excluding hydrogens is 250 g/mol. The second-order valence-corrected chi connectivity index (χ2v) is 6.12. The SMILES string of the molecule is CC1CCN(C(=NCCc2ccco2)NC2CC2)CC1. The predicted molar refractivity (Wildman–Crippen MR) is 80.8 cm³/mol. The molecule has 0 bridgehead atoms. The predicted octanol–water partition coefficient (Wildman–Crippen LogP) is 2.66. The van der Waals surface area contributed by atoms with E-state index in [9.17, 15) is 0 Å². The van der Waals surface area contributed by atoms with Gasteiger partial charge in [-0.2, -0.15) is 0 Å². The molecule has 2 aliphatic rings. The molecular formula is C16H25N3O. The first kappa shape index (κ1) is 13.5. The van der Waals surface area contributed by atoms with E-state index in [-0.39, 0.29) is 0 Å². The zero-order valence-corrected chi connectivity index (χ0v) is 12.3. The Morgan fingerprint density at radius 2 is 2.15 bits per heavy atom. The van der Waals surface area contributed by atoms with Crippen molar-refractivity contribution in [3.05, 3.63) is 24.2 Å². The molecule has 1 saturated carbocycles. The van der Waals surface area contributed by atoms with Crippen LogP contribution in [0.4, 0.5) is 0 Å². The molecule has 1 aromatic heterocycles. The van der Waals surface area contributed by atoms with Gasteiger partial charge in [0.15, 0.2) is 5.96 Å². The van der Waals surface area contributed by atoms with Gasteiger partial charge >= 0.3 is 0 Å². The molecule has 2 heterocycles. The molecule has 0 radical (unpaired) electrons. The van der Waals surface area contributed by atoms with Crippen molar-refractivity contribution in [2.75, 3.05) is 19.6 Å². The van der Waals surface area contributed by atoms with Crippen molar-refractivity contribution in [1.82, 2.24) is 10.2 Å². The molecule has 0 amide bonds. The standard InChI is InChI=1S/C16H25N3O/c1-13-7-10-19(11-8-13)16(18-14-4-5-14)17-9-6-15-3-2-12-20-15/h2-3,12-14H,4-11H2,1H3,(H,17,18). The molecule has 20 heavy (non-hydrogen) atoms. The largest absolute Gasteiger partial charge is 0.469 e. The molecule has 1 aliphatic carbocycles. The maximum atomic E-state index is 5.37. The molecule has 1 aromatic rings. The van der Waals surface area contributed by atoms with Crippen LogP contribution in [0.15, 0.2) is 27.8 Å². The van der Waals surface area contributed by atoms with Crippen molar-refractivity contribution in [1.29, 1.82) is 0 Å². The minimum Gasteiger partial charge on any atom is -0.469 e. The zero-order chi connectivity index (χ0) is 13.8. The molecule has 4 heteroatoms. The van der Waals surface area contributed by atoms with Crippen molar-refractivity contribution in [3.63, 3.8) is 0 Å². The molecule has 1 aliphatic heterocycles. The van der Waals surface area contributed by atoms with Gasteiger partial charge in [0.1, 0.15) is 5.76 Å². The van der Waals surface area contributed by atoms with Crippen LogP contribution in [0.25, 0.3) is 0 Å². The normalized spacial score (nSPS) is 21.2. The van der Waals surface area contributed by atoms with Gasteiger partial charge < -0.3 is 14.6 Å². The smallest absolute Gasteiger partial charge is 0.194 e. The van der Waals surface area contributed by atoms with E-state index in [0.717, 1.165) is 43.7 Å². The summed E-state index contributed by atoms with van der Waals surface area (Å²) in [5.74, 6) is 2.99. The highest BCUT2D eigenvalue weighted by molar-refractivity contribution is 5.80. The summed E-state index contributed by atoms with van der Waals surface area (Å²) in [4.78, 5) is 7.23. The summed E-state index contributed by atoms with van der Waals surface area (Å²) in [7, 11) is 0. The lowest BCUT2D eigenvalue weighted by Gasteiger charge is -2.33. The zero-order valence-electron chi connectivity index (χ0n) is 12.3. The Balaban J connectivity index is 1.56. The maximum Gasteiger partial charge on any atom is 0.194 e. The third-order valence-electron chi connectivity index (χ3n) is 4.19. The number of piperidine rings is 1. The summed E-state index contributed by atoms with van der Waals surface area (Å²) >= 11 is 0. The van der Waals surface area contributed by atoms with Gasteiger partial charge in [0, 0.05) is 32.1 Å². The molecule has 1 saturated heterocycles. The highest BCUT2D eigenvalue weighted by atomic mass is 16.3. The lowest BCUT2D eigenvalue weighted by atomic mass is 10.00. The number of nitrogens with zero attached hydrogens (tertiary/aromatic N) is 2. The van der Waals surface area contributed by atoms with Gasteiger partial charge in [0.25, 0.3) is 0 Å². The van der Waals surface area contributed by atoms with Crippen LogP contribution in [0.2, 0.25) is 0 Å². The molecule has 2 fully saturated rings. The summed E-state index contributed by atoms with van der Waals surface area (Å²) in [6.45, 7) is 5.43. The molecule has 0 aromatic carbocycles. The highest BCUT2D eigenvalue weighted by Crippen LogP contribution is 2.21. The van der Waals surface area contributed by atoms with Gasteiger partial charge in [-0.1, -0.05) is 6.92 Å². The minimum absolute atomic E-state index is 0.664. The van der Waals surface area contributed by atoms with Gasteiger partial charge in [-0.05, 0) is 43.7 Å². The van der Waals surface area contributed by atoms with Crippen molar-refractivity contribution in [2.45, 2.75) is 45.1 Å². The van der Waals surface area contributed by atoms with Crippen LogP contribution in [0.1, 0.15) is 38.4 Å². The fourth-order valence-corrected chi connectivity index (χ4v) is 2.59. The van der Waals surface area contributed by atoms with Crippen LogP contribution in [0, 0.1) is 5.92 Å². The van der Waals surface area contributed by atoms with Crippen molar-refractivity contribution in [3.8, 4) is 0 Å². The number of rotatable bonds is 4. The van der Waals surface area contributed by atoms with E-state index < -0.39 is 0 Å². The lowest BCUT2D eigenvalue weighted by molar-refractivity contribution is 0.273. The van der Waals surface area contributed by atoms with Gasteiger partial charge in [0.2, 0.25) is 0 Å². The molecule has 4 nitrogen and oxygen atoms in total. The van der Waals surface area contributed by atoms with Gasteiger partial charge in [0.05, 0.1) is 6.26 Å². The number of guanidine groups is 1. The van der Waals surface area contributed by atoms with E-state index in [1.165, 1.54) is 25.7 Å². The number of furan rings is 1. The summed E-state index contributed by atoms with van der Waals surface area (Å²) in [5.41, 5.74) is 0. The highest BCUT2D eigenvalue weighted by Gasteiger charge is 2.26. The average Bonchev–Trinajstić information content (AvgIpc) is 3.12. The number of aliphatic imine (C=N–C) groups is 1. The third kappa shape index (κ3) is 3.78. The van der Waals surface area contributed by atoms with Crippen molar-refractivity contribution >= 4 is 5.96 Å². The van der Waals surface area contributed by atoms with Crippen LogP contribution >= 0.6 is 0 Å². The maximum absolute atomic E-state index is 5.37. The fraction of sp³-hybridized carbons (Fsp3) is 0.688. The van der Waals surface area contributed by atoms with Crippen LogP contribution in [0.5, 0.6) is 0 Å². The van der Waals surface area contributed by atoms with Crippen LogP contribution < -0.4 is 5.32 Å². The first-order valence-corrected chi connectivity index (χ1v) is 7.89. The molecule has 110 valence electrons. The van der Waals surface area contributed by atoms with Crippen LogP contribution in [-0.2, 0) is 6.42 Å². The summed E-state index contributed by atoms with van der Waals surface area (Å²) < 4.78 is 5.37. The van der Waals surface area contributed by atoms with E-state index in [4.69, 9.17) is 9.41 Å². The molecule has 0 spiro atoms. The van der Waals surface area contributed by atoms with Gasteiger partial charge in [-0.15, -0.1) is 0 Å². The Bertz CT molecular complexity index is 429. The minimum atomic E-state index is 0.664. The summed E-state index contributed by atoms with van der Waals surface area (Å²) in [5, 5.41) is 3.60. The van der Waals surface area contributed by atoms with Crippen molar-refractivity contribution < 1.29 is 4.42 Å². The lowest BCUT2D eigenvalue weighted by Crippen LogP contribution is -2.46. The van der Waals surface area contributed by atoms with E-state index in [1.807, 2.05) is 12.1 Å². The number of nitrogens with one attached hydrogen (secondary N) is 1. The third-order valence-corrected chi connectivity index (χ3v) is 4.19. The Labute approximate surface area is 121 Å². The van der Waals surface area contributed by atoms with E-state index in [2.05, 4.69) is 17.1 Å². The number of hydrogen-bond acceptors (Lipinski definition) is 2. The van der Waals surface area contributed by atoms with Crippen molar-refractivity contribution in [2.24, 2.45) is 10.9 Å². The Hall–Kier alpha value is -1.45. The first-order chi connectivity index (χ1) is 9.81. The molecule has 1 N–H and O–H groups in total. The van der Waals surface area contributed by atoms with Crippen LogP contribution in [0.3, 0.4) is 0 Å². The van der Waals surface area contributed by atoms with E-state index in [1.54, 1.807) is 6.26 Å². The first-order valence-electron chi connectivity index (χ1n) is 7.89. The van der Waals surface area contributed by atoms with Gasteiger partial charge in [-0.25, -0.2) is 0 Å². The fourth-order valence-electron chi connectivity index (χ4n) is 2.59.